The number of halogens is 3. The molecule has 0 atom stereocenters. The average Bonchev–Trinajstić information content (AvgIpc) is 2.42. The maximum atomic E-state index is 13.4. The van der Waals surface area contributed by atoms with Crippen LogP contribution in [0.3, 0.4) is 0 Å². The molecular weight excluding hydrogens is 306 g/mol. The fraction of sp³-hybridized carbons (Fsp3) is 0. The number of non-ortho nitro benzene ring substituents is 1. The van der Waals surface area contributed by atoms with Gasteiger partial charge in [0.2, 0.25) is 0 Å². The van der Waals surface area contributed by atoms with E-state index in [1.54, 1.807) is 0 Å². The molecule has 8 heteroatoms. The summed E-state index contributed by atoms with van der Waals surface area (Å²) in [6.07, 6.45) is 0. The second kappa shape index (κ2) is 5.84. The first-order valence-electron chi connectivity index (χ1n) is 5.59. The largest absolute Gasteiger partial charge is 0.319 e. The van der Waals surface area contributed by atoms with Crippen LogP contribution in [0.5, 0.6) is 0 Å². The Labute approximate surface area is 122 Å². The van der Waals surface area contributed by atoms with E-state index in [-0.39, 0.29) is 22.0 Å². The Morgan fingerprint density at radius 3 is 2.52 bits per heavy atom. The summed E-state index contributed by atoms with van der Waals surface area (Å²) in [5, 5.41) is 12.5. The highest BCUT2D eigenvalue weighted by molar-refractivity contribution is 6.34. The predicted molar refractivity (Wildman–Crippen MR) is 72.4 cm³/mol. The number of carbonyl (C=O) groups excluding carboxylic acids is 1. The highest BCUT2D eigenvalue weighted by Gasteiger charge is 2.16. The number of benzene rings is 2. The van der Waals surface area contributed by atoms with Crippen molar-refractivity contribution in [3.63, 3.8) is 0 Å². The molecule has 1 N–H and O–H groups in total. The standard InChI is InChI=1S/C13H7ClF2N2O3/c14-10-6-8(18(20)21)2-3-9(10)13(19)17-12-5-7(15)1-4-11(12)16/h1-6H,(H,17,19). The molecule has 0 unspecified atom stereocenters. The molecule has 21 heavy (non-hydrogen) atoms. The van der Waals surface area contributed by atoms with Gasteiger partial charge in [0.1, 0.15) is 11.6 Å². The number of anilines is 1. The summed E-state index contributed by atoms with van der Waals surface area (Å²) in [7, 11) is 0. The molecule has 2 aromatic rings. The van der Waals surface area contributed by atoms with E-state index in [4.69, 9.17) is 11.6 Å². The van der Waals surface area contributed by atoms with Crippen LogP contribution in [0.4, 0.5) is 20.2 Å². The third-order valence-electron chi connectivity index (χ3n) is 2.58. The van der Waals surface area contributed by atoms with Crippen molar-refractivity contribution in [2.75, 3.05) is 5.32 Å². The Kier molecular flexibility index (Phi) is 4.13. The molecule has 0 heterocycles. The van der Waals surface area contributed by atoms with E-state index >= 15 is 0 Å². The smallest absolute Gasteiger partial charge is 0.270 e. The molecule has 0 spiro atoms. The van der Waals surface area contributed by atoms with E-state index in [9.17, 15) is 23.7 Å². The van der Waals surface area contributed by atoms with Crippen LogP contribution >= 0.6 is 11.6 Å². The summed E-state index contributed by atoms with van der Waals surface area (Å²) >= 11 is 5.77. The van der Waals surface area contributed by atoms with Gasteiger partial charge in [0, 0.05) is 18.2 Å². The summed E-state index contributed by atoms with van der Waals surface area (Å²) in [5.74, 6) is -2.34. The van der Waals surface area contributed by atoms with Crippen LogP contribution < -0.4 is 5.32 Å². The Hall–Kier alpha value is -2.54. The summed E-state index contributed by atoms with van der Waals surface area (Å²) in [4.78, 5) is 21.8. The van der Waals surface area contributed by atoms with Gasteiger partial charge in [-0.25, -0.2) is 8.78 Å². The van der Waals surface area contributed by atoms with Gasteiger partial charge in [-0.1, -0.05) is 11.6 Å². The first-order valence-corrected chi connectivity index (χ1v) is 5.96. The topological polar surface area (TPSA) is 72.2 Å². The van der Waals surface area contributed by atoms with E-state index < -0.39 is 22.5 Å². The minimum Gasteiger partial charge on any atom is -0.319 e. The van der Waals surface area contributed by atoms with Crippen molar-refractivity contribution in [3.8, 4) is 0 Å². The van der Waals surface area contributed by atoms with Gasteiger partial charge in [-0.15, -0.1) is 0 Å². The number of hydrogen-bond acceptors (Lipinski definition) is 3. The zero-order valence-electron chi connectivity index (χ0n) is 10.3. The lowest BCUT2D eigenvalue weighted by molar-refractivity contribution is -0.384. The highest BCUT2D eigenvalue weighted by atomic mass is 35.5. The van der Waals surface area contributed by atoms with Crippen LogP contribution in [0, 0.1) is 21.7 Å². The maximum Gasteiger partial charge on any atom is 0.270 e. The molecule has 0 saturated heterocycles. The van der Waals surface area contributed by atoms with Crippen molar-refractivity contribution in [1.82, 2.24) is 0 Å². The molecular formula is C13H7ClF2N2O3. The maximum absolute atomic E-state index is 13.4. The third-order valence-corrected chi connectivity index (χ3v) is 2.90. The fourth-order valence-electron chi connectivity index (χ4n) is 1.58. The molecule has 0 aliphatic carbocycles. The van der Waals surface area contributed by atoms with Crippen LogP contribution in [0.2, 0.25) is 5.02 Å². The summed E-state index contributed by atoms with van der Waals surface area (Å²) in [6.45, 7) is 0. The van der Waals surface area contributed by atoms with Gasteiger partial charge >= 0.3 is 0 Å². The molecule has 0 saturated carbocycles. The third kappa shape index (κ3) is 3.32. The first kappa shape index (κ1) is 14.9. The van der Waals surface area contributed by atoms with Gasteiger partial charge in [-0.05, 0) is 18.2 Å². The number of nitrogens with zero attached hydrogens (tertiary/aromatic N) is 1. The monoisotopic (exact) mass is 312 g/mol. The first-order chi connectivity index (χ1) is 9.88. The average molecular weight is 313 g/mol. The van der Waals surface area contributed by atoms with Crippen LogP contribution in [0.15, 0.2) is 36.4 Å². The Morgan fingerprint density at radius 1 is 1.19 bits per heavy atom. The van der Waals surface area contributed by atoms with Crippen LogP contribution in [-0.4, -0.2) is 10.8 Å². The number of nitro groups is 1. The zero-order valence-corrected chi connectivity index (χ0v) is 11.0. The Morgan fingerprint density at radius 2 is 1.90 bits per heavy atom. The van der Waals surface area contributed by atoms with Gasteiger partial charge in [-0.3, -0.25) is 14.9 Å². The van der Waals surface area contributed by atoms with Crippen molar-refractivity contribution >= 4 is 28.9 Å². The number of nitrogens with one attached hydrogen (secondary N) is 1. The van der Waals surface area contributed by atoms with Crippen LogP contribution in [0.25, 0.3) is 0 Å². The van der Waals surface area contributed by atoms with Gasteiger partial charge in [0.25, 0.3) is 11.6 Å². The Balaban J connectivity index is 2.28. The molecule has 0 fully saturated rings. The van der Waals surface area contributed by atoms with Crippen molar-refractivity contribution in [1.29, 1.82) is 0 Å². The number of carbonyl (C=O) groups is 1. The van der Waals surface area contributed by atoms with Crippen molar-refractivity contribution in [3.05, 3.63) is 68.7 Å². The van der Waals surface area contributed by atoms with E-state index in [2.05, 4.69) is 5.32 Å². The molecule has 0 radical (unpaired) electrons. The molecule has 1 amide bonds. The summed E-state index contributed by atoms with van der Waals surface area (Å²) < 4.78 is 26.4. The van der Waals surface area contributed by atoms with E-state index in [0.717, 1.165) is 36.4 Å². The van der Waals surface area contributed by atoms with Crippen LogP contribution in [0.1, 0.15) is 10.4 Å². The number of amides is 1. The second-order valence-corrected chi connectivity index (χ2v) is 4.41. The van der Waals surface area contributed by atoms with Gasteiger partial charge in [0.15, 0.2) is 0 Å². The lowest BCUT2D eigenvalue weighted by Crippen LogP contribution is -2.13. The second-order valence-electron chi connectivity index (χ2n) is 4.00. The lowest BCUT2D eigenvalue weighted by atomic mass is 10.2. The molecule has 2 aromatic carbocycles. The normalized spacial score (nSPS) is 10.2. The van der Waals surface area contributed by atoms with Crippen molar-refractivity contribution < 1.29 is 18.5 Å². The quantitative estimate of drug-likeness (QED) is 0.692. The van der Waals surface area contributed by atoms with Gasteiger partial charge < -0.3 is 5.32 Å². The van der Waals surface area contributed by atoms with E-state index in [1.807, 2.05) is 0 Å². The summed E-state index contributed by atoms with van der Waals surface area (Å²) in [5.41, 5.74) is -0.728. The van der Waals surface area contributed by atoms with E-state index in [1.165, 1.54) is 0 Å². The fourth-order valence-corrected chi connectivity index (χ4v) is 1.85. The number of hydrogen-bond donors (Lipinski definition) is 1. The molecule has 108 valence electrons. The minimum absolute atomic E-state index is 0.0917. The molecule has 5 nitrogen and oxygen atoms in total. The molecule has 0 aromatic heterocycles. The highest BCUT2D eigenvalue weighted by Crippen LogP contribution is 2.24. The minimum atomic E-state index is -0.817. The van der Waals surface area contributed by atoms with Crippen molar-refractivity contribution in [2.24, 2.45) is 0 Å². The van der Waals surface area contributed by atoms with Crippen LogP contribution in [-0.2, 0) is 0 Å². The van der Waals surface area contributed by atoms with E-state index in [0.29, 0.717) is 0 Å². The number of rotatable bonds is 3. The molecule has 0 aliphatic rings. The lowest BCUT2D eigenvalue weighted by Gasteiger charge is -2.07. The molecule has 2 rings (SSSR count). The Bertz CT molecular complexity index is 737. The van der Waals surface area contributed by atoms with Gasteiger partial charge in [0.05, 0.1) is 21.2 Å². The molecule has 0 bridgehead atoms. The van der Waals surface area contributed by atoms with Crippen molar-refractivity contribution in [2.45, 2.75) is 0 Å². The SMILES string of the molecule is O=C(Nc1cc(F)ccc1F)c1ccc([N+](=O)[O-])cc1Cl. The zero-order chi connectivity index (χ0) is 15.6. The predicted octanol–water partition coefficient (Wildman–Crippen LogP) is 3.78. The molecule has 0 aliphatic heterocycles. The summed E-state index contributed by atoms with van der Waals surface area (Å²) in [6, 6.07) is 5.80. The van der Waals surface area contributed by atoms with Gasteiger partial charge in [-0.2, -0.15) is 0 Å². The number of nitro benzene ring substituents is 1.